The number of esters is 1. The first-order chi connectivity index (χ1) is 13.8. The maximum Gasteiger partial charge on any atom is 0.329 e. The number of nitro groups is 1. The Morgan fingerprint density at radius 3 is 2.41 bits per heavy atom. The number of imide groups is 1. The van der Waals surface area contributed by atoms with Crippen molar-refractivity contribution in [1.29, 1.82) is 0 Å². The van der Waals surface area contributed by atoms with Gasteiger partial charge in [-0.05, 0) is 38.0 Å². The Bertz CT molecular complexity index is 899. The van der Waals surface area contributed by atoms with Crippen molar-refractivity contribution in [2.45, 2.75) is 32.2 Å². The molecule has 1 aromatic carbocycles. The zero-order valence-electron chi connectivity index (χ0n) is 15.8. The summed E-state index contributed by atoms with van der Waals surface area (Å²) in [7, 11) is 0. The highest BCUT2D eigenvalue weighted by atomic mass is 16.6. The van der Waals surface area contributed by atoms with E-state index in [1.807, 2.05) is 0 Å². The Morgan fingerprint density at radius 1 is 1.21 bits per heavy atom. The summed E-state index contributed by atoms with van der Waals surface area (Å²) in [6, 6.07) is 3.99. The zero-order chi connectivity index (χ0) is 20.9. The Hall–Kier alpha value is -3.10. The third-order valence-corrected chi connectivity index (χ3v) is 6.41. The Labute approximate surface area is 166 Å². The van der Waals surface area contributed by atoms with Crippen molar-refractivity contribution in [2.75, 3.05) is 6.61 Å². The van der Waals surface area contributed by atoms with Crippen LogP contribution < -0.4 is 0 Å². The van der Waals surface area contributed by atoms with Crippen LogP contribution in [0, 0.1) is 33.8 Å². The summed E-state index contributed by atoms with van der Waals surface area (Å²) >= 11 is 0. The fourth-order valence-electron chi connectivity index (χ4n) is 5.05. The minimum absolute atomic E-state index is 0.0408. The molecule has 0 N–H and O–H groups in total. The van der Waals surface area contributed by atoms with Crippen LogP contribution in [0.25, 0.3) is 0 Å². The highest BCUT2D eigenvalue weighted by Gasteiger charge is 2.62. The van der Waals surface area contributed by atoms with E-state index in [0.717, 1.165) is 30.2 Å². The van der Waals surface area contributed by atoms with Crippen LogP contribution in [0.4, 0.5) is 5.69 Å². The molecular formula is C20H20N2O7. The summed E-state index contributed by atoms with van der Waals surface area (Å²) in [5.41, 5.74) is -0.205. The number of fused-ring (bicyclic) bond motifs is 5. The molecule has 5 atom stereocenters. The number of non-ortho nitro benzene ring substituents is 1. The first kappa shape index (κ1) is 19.2. The quantitative estimate of drug-likeness (QED) is 0.234. The van der Waals surface area contributed by atoms with Gasteiger partial charge in [0.1, 0.15) is 6.04 Å². The van der Waals surface area contributed by atoms with E-state index in [4.69, 9.17) is 4.74 Å². The van der Waals surface area contributed by atoms with Gasteiger partial charge in [-0.15, -0.1) is 0 Å². The molecule has 2 saturated carbocycles. The number of likely N-dealkylation sites (tertiary alicyclic amines) is 1. The number of nitro benzene ring substituents is 1. The van der Waals surface area contributed by atoms with Gasteiger partial charge in [0.05, 0.1) is 16.8 Å². The molecule has 2 bridgehead atoms. The second kappa shape index (κ2) is 7.06. The molecule has 9 heteroatoms. The van der Waals surface area contributed by atoms with Gasteiger partial charge in [0.15, 0.2) is 6.61 Å². The van der Waals surface area contributed by atoms with Crippen LogP contribution in [0.3, 0.4) is 0 Å². The van der Waals surface area contributed by atoms with Crippen molar-refractivity contribution in [3.05, 3.63) is 39.9 Å². The van der Waals surface area contributed by atoms with E-state index in [1.54, 1.807) is 0 Å². The molecule has 1 aromatic rings. The summed E-state index contributed by atoms with van der Waals surface area (Å²) < 4.78 is 5.02. The normalized spacial score (nSPS) is 28.4. The maximum atomic E-state index is 12.8. The average molecular weight is 400 g/mol. The largest absolute Gasteiger partial charge is 0.456 e. The molecule has 0 unspecified atom stereocenters. The van der Waals surface area contributed by atoms with Gasteiger partial charge in [-0.3, -0.25) is 29.4 Å². The van der Waals surface area contributed by atoms with Gasteiger partial charge in [-0.1, -0.05) is 12.1 Å². The Balaban J connectivity index is 1.39. The van der Waals surface area contributed by atoms with Crippen molar-refractivity contribution in [3.8, 4) is 0 Å². The van der Waals surface area contributed by atoms with Crippen LogP contribution in [0.2, 0.25) is 0 Å². The standard InChI is InChI=1S/C20H20N2O7/c1-10(21-18(24)16-12-5-6-13(7-12)17(16)19(21)25)20(26)29-9-15(23)11-3-2-4-14(8-11)22(27)28/h2-4,8,10,12-13,16-17H,5-7,9H2,1H3/t10-,12-,13-,16-,17-/m0/s1. The molecular weight excluding hydrogens is 380 g/mol. The number of nitrogens with zero attached hydrogens (tertiary/aromatic N) is 2. The van der Waals surface area contributed by atoms with Crippen molar-refractivity contribution < 1.29 is 28.8 Å². The predicted octanol–water partition coefficient (Wildman–Crippen LogP) is 1.74. The van der Waals surface area contributed by atoms with E-state index in [1.165, 1.54) is 25.1 Å². The van der Waals surface area contributed by atoms with Crippen LogP contribution in [0.15, 0.2) is 24.3 Å². The van der Waals surface area contributed by atoms with E-state index >= 15 is 0 Å². The van der Waals surface area contributed by atoms with Crippen LogP contribution >= 0.6 is 0 Å². The molecule has 2 amide bonds. The number of ether oxygens (including phenoxy) is 1. The lowest BCUT2D eigenvalue weighted by Crippen LogP contribution is -2.45. The minimum atomic E-state index is -1.11. The van der Waals surface area contributed by atoms with Gasteiger partial charge in [0, 0.05) is 17.7 Å². The molecule has 1 heterocycles. The molecule has 9 nitrogen and oxygen atoms in total. The molecule has 2 aliphatic carbocycles. The number of hydrogen-bond donors (Lipinski definition) is 0. The highest BCUT2D eigenvalue weighted by molar-refractivity contribution is 6.08. The van der Waals surface area contributed by atoms with Crippen LogP contribution in [0.5, 0.6) is 0 Å². The van der Waals surface area contributed by atoms with E-state index in [2.05, 4.69) is 0 Å². The number of amides is 2. The molecule has 152 valence electrons. The maximum absolute atomic E-state index is 12.8. The molecule has 3 fully saturated rings. The third kappa shape index (κ3) is 3.10. The summed E-state index contributed by atoms with van der Waals surface area (Å²) in [4.78, 5) is 61.3. The van der Waals surface area contributed by atoms with Crippen molar-refractivity contribution in [2.24, 2.45) is 23.7 Å². The summed E-state index contributed by atoms with van der Waals surface area (Å²) in [6.45, 7) is 0.789. The van der Waals surface area contributed by atoms with Gasteiger partial charge in [0.25, 0.3) is 5.69 Å². The Kier molecular flexibility index (Phi) is 4.68. The van der Waals surface area contributed by atoms with E-state index in [-0.39, 0.29) is 46.7 Å². The molecule has 3 aliphatic rings. The number of benzene rings is 1. The van der Waals surface area contributed by atoms with Gasteiger partial charge in [0.2, 0.25) is 17.6 Å². The summed E-state index contributed by atoms with van der Waals surface area (Å²) in [5.74, 6) is -2.33. The summed E-state index contributed by atoms with van der Waals surface area (Å²) in [6.07, 6.45) is 2.78. The second-order valence-electron chi connectivity index (χ2n) is 7.95. The van der Waals surface area contributed by atoms with Crippen molar-refractivity contribution >= 4 is 29.3 Å². The molecule has 1 aliphatic heterocycles. The lowest BCUT2D eigenvalue weighted by atomic mass is 9.81. The zero-order valence-corrected chi connectivity index (χ0v) is 15.8. The topological polar surface area (TPSA) is 124 Å². The molecule has 0 aromatic heterocycles. The first-order valence-electron chi connectivity index (χ1n) is 9.60. The molecule has 4 rings (SSSR count). The average Bonchev–Trinajstić information content (AvgIpc) is 3.39. The molecule has 0 radical (unpaired) electrons. The third-order valence-electron chi connectivity index (χ3n) is 6.41. The number of Topliss-reactive ketones (excluding diaryl/α,β-unsaturated/α-hetero) is 1. The van der Waals surface area contributed by atoms with Gasteiger partial charge >= 0.3 is 5.97 Å². The lowest BCUT2D eigenvalue weighted by Gasteiger charge is -2.22. The minimum Gasteiger partial charge on any atom is -0.456 e. The van der Waals surface area contributed by atoms with Crippen LogP contribution in [-0.4, -0.2) is 46.0 Å². The number of carbonyl (C=O) groups is 4. The fraction of sp³-hybridized carbons (Fsp3) is 0.500. The number of ketones is 1. The van der Waals surface area contributed by atoms with E-state index in [0.29, 0.717) is 0 Å². The monoisotopic (exact) mass is 400 g/mol. The number of carbonyl (C=O) groups excluding carboxylic acids is 4. The molecule has 29 heavy (non-hydrogen) atoms. The molecule has 1 saturated heterocycles. The highest BCUT2D eigenvalue weighted by Crippen LogP contribution is 2.56. The lowest BCUT2D eigenvalue weighted by molar-refractivity contribution is -0.384. The van der Waals surface area contributed by atoms with Gasteiger partial charge < -0.3 is 4.74 Å². The van der Waals surface area contributed by atoms with Crippen molar-refractivity contribution in [3.63, 3.8) is 0 Å². The number of hydrogen-bond acceptors (Lipinski definition) is 7. The fourth-order valence-corrected chi connectivity index (χ4v) is 5.05. The van der Waals surface area contributed by atoms with Gasteiger partial charge in [-0.2, -0.15) is 0 Å². The van der Waals surface area contributed by atoms with Crippen LogP contribution in [-0.2, 0) is 19.1 Å². The van der Waals surface area contributed by atoms with Gasteiger partial charge in [-0.25, -0.2) is 4.79 Å². The number of rotatable bonds is 6. The summed E-state index contributed by atoms with van der Waals surface area (Å²) in [5, 5.41) is 10.8. The predicted molar refractivity (Wildman–Crippen MR) is 97.5 cm³/mol. The Morgan fingerprint density at radius 2 is 1.83 bits per heavy atom. The smallest absolute Gasteiger partial charge is 0.329 e. The molecule has 0 spiro atoms. The van der Waals surface area contributed by atoms with Crippen LogP contribution in [0.1, 0.15) is 36.5 Å². The first-order valence-corrected chi connectivity index (χ1v) is 9.60. The van der Waals surface area contributed by atoms with E-state index in [9.17, 15) is 29.3 Å². The van der Waals surface area contributed by atoms with E-state index < -0.39 is 29.3 Å². The SMILES string of the molecule is C[C@@H](C(=O)OCC(=O)c1cccc([N+](=O)[O-])c1)N1C(=O)[C@H]2[C@H]3CC[C@@H](C3)[C@@H]2C1=O. The second-order valence-corrected chi connectivity index (χ2v) is 7.95. The van der Waals surface area contributed by atoms with Crippen molar-refractivity contribution in [1.82, 2.24) is 4.90 Å².